The Kier molecular flexibility index (Phi) is 7.79. The molecule has 13 heteroatoms. The van der Waals surface area contributed by atoms with Gasteiger partial charge in [0.15, 0.2) is 0 Å². The lowest BCUT2D eigenvalue weighted by molar-refractivity contribution is -0.314. The van der Waals surface area contributed by atoms with Crippen LogP contribution in [0.1, 0.15) is 5.56 Å². The van der Waals surface area contributed by atoms with E-state index in [9.17, 15) is 31.1 Å². The van der Waals surface area contributed by atoms with Gasteiger partial charge in [0.25, 0.3) is 6.10 Å². The standard InChI is InChI=1S/C19H22ClF6N3O3/c20-14-9-13(28-5-7-31-8-6-28)2-1-12(14)11-29-4-3-27-10-15(29)16(30)32-17(18(21,22)23)19(24,25)26/h1-2,9,15,17,27H,3-8,10-11H2. The SMILES string of the molecule is O=C(OC(C(F)(F)F)C(F)(F)F)C1CNCCN1Cc1ccc(N2CCOCC2)cc1Cl. The molecule has 2 aliphatic heterocycles. The van der Waals surface area contributed by atoms with Crippen molar-refractivity contribution >= 4 is 23.3 Å². The highest BCUT2D eigenvalue weighted by Gasteiger charge is 2.60. The molecule has 2 fully saturated rings. The summed E-state index contributed by atoms with van der Waals surface area (Å²) in [6.07, 6.45) is -15.7. The first kappa shape index (κ1) is 24.9. The summed E-state index contributed by atoms with van der Waals surface area (Å²) >= 11 is 6.39. The molecular weight excluding hydrogens is 468 g/mol. The van der Waals surface area contributed by atoms with Crippen LogP contribution in [-0.2, 0) is 20.8 Å². The molecule has 0 aliphatic carbocycles. The highest BCUT2D eigenvalue weighted by atomic mass is 35.5. The number of hydrogen-bond donors (Lipinski definition) is 1. The van der Waals surface area contributed by atoms with Gasteiger partial charge in [-0.25, -0.2) is 0 Å². The normalized spacial score (nSPS) is 21.1. The summed E-state index contributed by atoms with van der Waals surface area (Å²) in [7, 11) is 0. The lowest BCUT2D eigenvalue weighted by Gasteiger charge is -2.36. The fourth-order valence-corrected chi connectivity index (χ4v) is 3.82. The number of morpholine rings is 1. The van der Waals surface area contributed by atoms with Gasteiger partial charge in [-0.05, 0) is 17.7 Å². The van der Waals surface area contributed by atoms with Gasteiger partial charge < -0.3 is 19.7 Å². The van der Waals surface area contributed by atoms with Crippen molar-refractivity contribution in [3.8, 4) is 0 Å². The zero-order valence-electron chi connectivity index (χ0n) is 16.8. The van der Waals surface area contributed by atoms with Crippen LogP contribution in [-0.4, -0.2) is 81.3 Å². The van der Waals surface area contributed by atoms with E-state index in [-0.39, 0.29) is 19.6 Å². The molecule has 1 unspecified atom stereocenters. The highest BCUT2D eigenvalue weighted by molar-refractivity contribution is 6.31. The van der Waals surface area contributed by atoms with Crippen molar-refractivity contribution in [2.24, 2.45) is 0 Å². The number of hydrogen-bond acceptors (Lipinski definition) is 6. The molecule has 2 heterocycles. The van der Waals surface area contributed by atoms with E-state index in [0.717, 1.165) is 5.69 Å². The number of halogens is 7. The Morgan fingerprint density at radius 2 is 1.81 bits per heavy atom. The molecule has 0 bridgehead atoms. The van der Waals surface area contributed by atoms with Gasteiger partial charge in [-0.3, -0.25) is 9.69 Å². The van der Waals surface area contributed by atoms with Gasteiger partial charge in [0.1, 0.15) is 6.04 Å². The van der Waals surface area contributed by atoms with Gasteiger partial charge in [-0.1, -0.05) is 17.7 Å². The van der Waals surface area contributed by atoms with Crippen LogP contribution in [0.15, 0.2) is 18.2 Å². The molecule has 1 aromatic rings. The first-order chi connectivity index (χ1) is 15.0. The minimum absolute atomic E-state index is 0.0619. The molecule has 0 aromatic heterocycles. The zero-order chi connectivity index (χ0) is 23.5. The number of piperazine rings is 1. The third-order valence-corrected chi connectivity index (χ3v) is 5.59. The van der Waals surface area contributed by atoms with Crippen molar-refractivity contribution in [3.05, 3.63) is 28.8 Å². The lowest BCUT2D eigenvalue weighted by atomic mass is 10.1. The largest absolute Gasteiger partial charge is 0.442 e. The van der Waals surface area contributed by atoms with E-state index in [1.807, 2.05) is 6.07 Å². The summed E-state index contributed by atoms with van der Waals surface area (Å²) in [5.41, 5.74) is 1.46. The number of carbonyl (C=O) groups is 1. The highest BCUT2D eigenvalue weighted by Crippen LogP contribution is 2.36. The first-order valence-electron chi connectivity index (χ1n) is 9.86. The summed E-state index contributed by atoms with van der Waals surface area (Å²) in [5, 5.41) is 3.17. The summed E-state index contributed by atoms with van der Waals surface area (Å²) in [4.78, 5) is 15.8. The van der Waals surface area contributed by atoms with Crippen LogP contribution in [0.25, 0.3) is 0 Å². The molecule has 0 saturated carbocycles. The average molecular weight is 490 g/mol. The van der Waals surface area contributed by atoms with E-state index in [4.69, 9.17) is 16.3 Å². The summed E-state index contributed by atoms with van der Waals surface area (Å²) < 4.78 is 85.9. The number of esters is 1. The molecular formula is C19H22ClF6N3O3. The second-order valence-electron chi connectivity index (χ2n) is 7.47. The third-order valence-electron chi connectivity index (χ3n) is 5.24. The monoisotopic (exact) mass is 489 g/mol. The maximum absolute atomic E-state index is 12.8. The first-order valence-corrected chi connectivity index (χ1v) is 10.2. The number of carbonyl (C=O) groups excluding carboxylic acids is 1. The minimum Gasteiger partial charge on any atom is -0.442 e. The molecule has 180 valence electrons. The molecule has 2 saturated heterocycles. The lowest BCUT2D eigenvalue weighted by Crippen LogP contribution is -2.57. The Labute approximate surface area is 185 Å². The van der Waals surface area contributed by atoms with Gasteiger partial charge in [0, 0.05) is 50.0 Å². The van der Waals surface area contributed by atoms with E-state index >= 15 is 0 Å². The fraction of sp³-hybridized carbons (Fsp3) is 0.632. The van der Waals surface area contributed by atoms with E-state index < -0.39 is 30.5 Å². The van der Waals surface area contributed by atoms with Crippen molar-refractivity contribution in [3.63, 3.8) is 0 Å². The molecule has 0 radical (unpaired) electrons. The van der Waals surface area contributed by atoms with Crippen LogP contribution in [0, 0.1) is 0 Å². The zero-order valence-corrected chi connectivity index (χ0v) is 17.6. The quantitative estimate of drug-likeness (QED) is 0.507. The van der Waals surface area contributed by atoms with E-state index in [0.29, 0.717) is 43.4 Å². The summed E-state index contributed by atoms with van der Waals surface area (Å²) in [6, 6.07) is 3.96. The van der Waals surface area contributed by atoms with Gasteiger partial charge in [0.05, 0.1) is 13.2 Å². The Hall–Kier alpha value is -1.76. The Morgan fingerprint density at radius 3 is 2.41 bits per heavy atom. The van der Waals surface area contributed by atoms with Gasteiger partial charge in [-0.2, -0.15) is 26.3 Å². The average Bonchev–Trinajstić information content (AvgIpc) is 2.72. The Balaban J connectivity index is 1.72. The van der Waals surface area contributed by atoms with Crippen molar-refractivity contribution in [1.29, 1.82) is 0 Å². The smallest absolute Gasteiger partial charge is 0.434 e. The minimum atomic E-state index is -5.76. The van der Waals surface area contributed by atoms with Crippen molar-refractivity contribution in [2.75, 3.05) is 50.8 Å². The van der Waals surface area contributed by atoms with Crippen LogP contribution in [0.2, 0.25) is 5.02 Å². The Morgan fingerprint density at radius 1 is 1.16 bits per heavy atom. The van der Waals surface area contributed by atoms with Crippen LogP contribution < -0.4 is 10.2 Å². The van der Waals surface area contributed by atoms with Gasteiger partial charge in [-0.15, -0.1) is 0 Å². The van der Waals surface area contributed by atoms with Gasteiger partial charge in [0.2, 0.25) is 0 Å². The molecule has 3 rings (SSSR count). The van der Waals surface area contributed by atoms with Crippen molar-refractivity contribution < 1.29 is 40.6 Å². The summed E-state index contributed by atoms with van der Waals surface area (Å²) in [6.45, 7) is 3.08. The number of benzene rings is 1. The predicted octanol–water partition coefficient (Wildman–Crippen LogP) is 2.99. The number of alkyl halides is 6. The molecule has 0 amide bonds. The predicted molar refractivity (Wildman–Crippen MR) is 104 cm³/mol. The molecule has 0 spiro atoms. The molecule has 6 nitrogen and oxygen atoms in total. The topological polar surface area (TPSA) is 54.0 Å². The second-order valence-corrected chi connectivity index (χ2v) is 7.87. The molecule has 1 atom stereocenters. The molecule has 2 aliphatic rings. The van der Waals surface area contributed by atoms with E-state index in [2.05, 4.69) is 15.0 Å². The molecule has 1 aromatic carbocycles. The van der Waals surface area contributed by atoms with E-state index in [1.54, 1.807) is 12.1 Å². The van der Waals surface area contributed by atoms with Gasteiger partial charge >= 0.3 is 18.3 Å². The third kappa shape index (κ3) is 6.18. The number of ether oxygens (including phenoxy) is 2. The van der Waals surface area contributed by atoms with Crippen LogP contribution in [0.3, 0.4) is 0 Å². The maximum atomic E-state index is 12.8. The molecule has 32 heavy (non-hydrogen) atoms. The Bertz CT molecular complexity index is 787. The second kappa shape index (κ2) is 10.0. The van der Waals surface area contributed by atoms with Crippen LogP contribution in [0.4, 0.5) is 32.0 Å². The van der Waals surface area contributed by atoms with Crippen LogP contribution in [0.5, 0.6) is 0 Å². The number of nitrogens with zero attached hydrogens (tertiary/aromatic N) is 2. The summed E-state index contributed by atoms with van der Waals surface area (Å²) in [5.74, 6) is -1.60. The number of nitrogens with one attached hydrogen (secondary N) is 1. The number of rotatable bonds is 5. The fourth-order valence-electron chi connectivity index (χ4n) is 3.58. The van der Waals surface area contributed by atoms with Crippen molar-refractivity contribution in [2.45, 2.75) is 31.0 Å². The number of anilines is 1. The van der Waals surface area contributed by atoms with Crippen molar-refractivity contribution in [1.82, 2.24) is 10.2 Å². The van der Waals surface area contributed by atoms with E-state index in [1.165, 1.54) is 4.90 Å². The maximum Gasteiger partial charge on any atom is 0.434 e. The molecule has 1 N–H and O–H groups in total. The van der Waals surface area contributed by atoms with Crippen LogP contribution >= 0.6 is 11.6 Å².